The summed E-state index contributed by atoms with van der Waals surface area (Å²) in [5.41, 5.74) is 2.66. The summed E-state index contributed by atoms with van der Waals surface area (Å²) in [4.78, 5) is 2.11. The Morgan fingerprint density at radius 3 is 2.92 bits per heavy atom. The molecule has 1 aromatic carbocycles. The first-order valence-corrected chi connectivity index (χ1v) is 4.39. The van der Waals surface area contributed by atoms with Gasteiger partial charge in [-0.3, -0.25) is 0 Å². The molecule has 1 aliphatic rings. The maximum Gasteiger partial charge on any atom is 0.126 e. The molecule has 0 saturated heterocycles. The first kappa shape index (κ1) is 8.38. The fraction of sp³-hybridized carbons (Fsp3) is 0.400. The smallest absolute Gasteiger partial charge is 0.126 e. The molecule has 70 valence electrons. The summed E-state index contributed by atoms with van der Waals surface area (Å²) in [5, 5.41) is 18.7. The van der Waals surface area contributed by atoms with Crippen LogP contribution < -0.4 is 4.90 Å². The van der Waals surface area contributed by atoms with Gasteiger partial charge in [0.05, 0.1) is 6.61 Å². The number of hydrogen-bond donors (Lipinski definition) is 2. The third-order valence-electron chi connectivity index (χ3n) is 2.62. The van der Waals surface area contributed by atoms with Crippen LogP contribution in [-0.2, 0) is 13.0 Å². The highest BCUT2D eigenvalue weighted by molar-refractivity contribution is 5.64. The number of phenols is 1. The monoisotopic (exact) mass is 179 g/mol. The lowest BCUT2D eigenvalue weighted by atomic mass is 10.1. The van der Waals surface area contributed by atoms with Gasteiger partial charge in [-0.25, -0.2) is 0 Å². The Kier molecular flexibility index (Phi) is 1.88. The van der Waals surface area contributed by atoms with E-state index in [1.165, 1.54) is 0 Å². The van der Waals surface area contributed by atoms with E-state index >= 15 is 0 Å². The number of rotatable bonds is 1. The molecule has 0 fully saturated rings. The SMILES string of the molecule is CN1CCc2c1ccc(CO)c2O. The number of aromatic hydroxyl groups is 1. The van der Waals surface area contributed by atoms with Crippen LogP contribution in [0, 0.1) is 0 Å². The minimum Gasteiger partial charge on any atom is -0.507 e. The Morgan fingerprint density at radius 1 is 1.46 bits per heavy atom. The van der Waals surface area contributed by atoms with Gasteiger partial charge in [0.2, 0.25) is 0 Å². The predicted molar refractivity (Wildman–Crippen MR) is 51.0 cm³/mol. The summed E-state index contributed by atoms with van der Waals surface area (Å²) >= 11 is 0. The zero-order valence-corrected chi connectivity index (χ0v) is 7.62. The minimum atomic E-state index is -0.0944. The lowest BCUT2D eigenvalue weighted by Crippen LogP contribution is -2.12. The molecule has 3 nitrogen and oxygen atoms in total. The van der Waals surface area contributed by atoms with Crippen molar-refractivity contribution in [1.82, 2.24) is 0 Å². The van der Waals surface area contributed by atoms with E-state index in [1.807, 2.05) is 13.1 Å². The van der Waals surface area contributed by atoms with Gasteiger partial charge >= 0.3 is 0 Å². The zero-order valence-electron chi connectivity index (χ0n) is 7.62. The molecule has 0 atom stereocenters. The van der Waals surface area contributed by atoms with Crippen molar-refractivity contribution in [3.8, 4) is 5.75 Å². The van der Waals surface area contributed by atoms with Gasteiger partial charge in [-0.2, -0.15) is 0 Å². The molecule has 1 aromatic rings. The molecule has 0 spiro atoms. The molecule has 0 amide bonds. The van der Waals surface area contributed by atoms with E-state index in [-0.39, 0.29) is 12.4 Å². The molecule has 2 rings (SSSR count). The highest BCUT2D eigenvalue weighted by atomic mass is 16.3. The van der Waals surface area contributed by atoms with Crippen LogP contribution in [0.4, 0.5) is 5.69 Å². The zero-order chi connectivity index (χ0) is 9.42. The van der Waals surface area contributed by atoms with Crippen molar-refractivity contribution < 1.29 is 10.2 Å². The fourth-order valence-electron chi connectivity index (χ4n) is 1.81. The Hall–Kier alpha value is -1.22. The molecule has 0 aliphatic carbocycles. The molecule has 3 heteroatoms. The van der Waals surface area contributed by atoms with Crippen LogP contribution in [0.1, 0.15) is 11.1 Å². The summed E-state index contributed by atoms with van der Waals surface area (Å²) in [6.07, 6.45) is 0.867. The van der Waals surface area contributed by atoms with Crippen LogP contribution in [-0.4, -0.2) is 23.8 Å². The van der Waals surface area contributed by atoms with Crippen LogP contribution in [0.3, 0.4) is 0 Å². The molecular weight excluding hydrogens is 166 g/mol. The summed E-state index contributed by atoms with van der Waals surface area (Å²) in [7, 11) is 2.00. The summed E-state index contributed by atoms with van der Waals surface area (Å²) < 4.78 is 0. The highest BCUT2D eigenvalue weighted by Crippen LogP contribution is 2.35. The van der Waals surface area contributed by atoms with Crippen LogP contribution in [0.2, 0.25) is 0 Å². The fourth-order valence-corrected chi connectivity index (χ4v) is 1.81. The van der Waals surface area contributed by atoms with Crippen LogP contribution in [0.5, 0.6) is 5.75 Å². The first-order chi connectivity index (χ1) is 6.24. The van der Waals surface area contributed by atoms with Crippen LogP contribution in [0.25, 0.3) is 0 Å². The van der Waals surface area contributed by atoms with Gasteiger partial charge in [0.25, 0.3) is 0 Å². The third-order valence-corrected chi connectivity index (χ3v) is 2.62. The lowest BCUT2D eigenvalue weighted by Gasteiger charge is -2.12. The van der Waals surface area contributed by atoms with Crippen molar-refractivity contribution in [3.05, 3.63) is 23.3 Å². The van der Waals surface area contributed by atoms with Gasteiger partial charge in [-0.15, -0.1) is 0 Å². The van der Waals surface area contributed by atoms with Gasteiger partial charge in [0.1, 0.15) is 5.75 Å². The lowest BCUT2D eigenvalue weighted by molar-refractivity contribution is 0.275. The second-order valence-corrected chi connectivity index (χ2v) is 3.40. The van der Waals surface area contributed by atoms with Crippen molar-refractivity contribution in [2.45, 2.75) is 13.0 Å². The molecule has 1 heterocycles. The number of fused-ring (bicyclic) bond motifs is 1. The number of hydrogen-bond acceptors (Lipinski definition) is 3. The van der Waals surface area contributed by atoms with Crippen LogP contribution in [0.15, 0.2) is 12.1 Å². The van der Waals surface area contributed by atoms with E-state index in [0.29, 0.717) is 5.56 Å². The van der Waals surface area contributed by atoms with Gasteiger partial charge in [-0.05, 0) is 12.5 Å². The molecule has 0 radical (unpaired) electrons. The number of aliphatic hydroxyl groups excluding tert-OH is 1. The second kappa shape index (κ2) is 2.92. The molecule has 0 bridgehead atoms. The average Bonchev–Trinajstić information content (AvgIpc) is 2.50. The number of anilines is 1. The summed E-state index contributed by atoms with van der Waals surface area (Å²) in [5.74, 6) is 0.268. The van der Waals surface area contributed by atoms with Gasteiger partial charge in [-0.1, -0.05) is 6.07 Å². The van der Waals surface area contributed by atoms with E-state index in [1.54, 1.807) is 6.07 Å². The Bertz CT molecular complexity index is 336. The molecule has 13 heavy (non-hydrogen) atoms. The van der Waals surface area contributed by atoms with Crippen molar-refractivity contribution in [2.24, 2.45) is 0 Å². The highest BCUT2D eigenvalue weighted by Gasteiger charge is 2.20. The van der Waals surface area contributed by atoms with Crippen molar-refractivity contribution in [1.29, 1.82) is 0 Å². The third kappa shape index (κ3) is 1.16. The topological polar surface area (TPSA) is 43.7 Å². The first-order valence-electron chi connectivity index (χ1n) is 4.39. The average molecular weight is 179 g/mol. The number of likely N-dealkylation sites (N-methyl/N-ethyl adjacent to an activating group) is 1. The molecular formula is C10H13NO2. The predicted octanol–water partition coefficient (Wildman–Crippen LogP) is 0.877. The summed E-state index contributed by atoms with van der Waals surface area (Å²) in [6, 6.07) is 3.73. The largest absolute Gasteiger partial charge is 0.507 e. The standard InChI is InChI=1S/C10H13NO2/c1-11-5-4-8-9(11)3-2-7(6-12)10(8)13/h2-3,12-13H,4-6H2,1H3. The van der Waals surface area contributed by atoms with E-state index in [4.69, 9.17) is 5.11 Å². The molecule has 0 saturated carbocycles. The van der Waals surface area contributed by atoms with E-state index < -0.39 is 0 Å². The van der Waals surface area contributed by atoms with Gasteiger partial charge in [0, 0.05) is 30.4 Å². The number of nitrogens with zero attached hydrogens (tertiary/aromatic N) is 1. The minimum absolute atomic E-state index is 0.0944. The van der Waals surface area contributed by atoms with Crippen LogP contribution >= 0.6 is 0 Å². The summed E-state index contributed by atoms with van der Waals surface area (Å²) in [6.45, 7) is 0.848. The maximum absolute atomic E-state index is 9.74. The van der Waals surface area contributed by atoms with E-state index in [2.05, 4.69) is 4.90 Å². The number of benzene rings is 1. The normalized spacial score (nSPS) is 14.8. The van der Waals surface area contributed by atoms with E-state index in [0.717, 1.165) is 24.2 Å². The van der Waals surface area contributed by atoms with Gasteiger partial charge in [0.15, 0.2) is 0 Å². The second-order valence-electron chi connectivity index (χ2n) is 3.40. The molecule has 0 aromatic heterocycles. The van der Waals surface area contributed by atoms with Crippen molar-refractivity contribution >= 4 is 5.69 Å². The quantitative estimate of drug-likeness (QED) is 0.672. The van der Waals surface area contributed by atoms with Crippen molar-refractivity contribution in [2.75, 3.05) is 18.5 Å². The van der Waals surface area contributed by atoms with Crippen molar-refractivity contribution in [3.63, 3.8) is 0 Å². The molecule has 0 unspecified atom stereocenters. The Morgan fingerprint density at radius 2 is 2.23 bits per heavy atom. The van der Waals surface area contributed by atoms with E-state index in [9.17, 15) is 5.11 Å². The maximum atomic E-state index is 9.74. The Labute approximate surface area is 77.2 Å². The van der Waals surface area contributed by atoms with Gasteiger partial charge < -0.3 is 15.1 Å². The molecule has 1 aliphatic heterocycles. The Balaban J connectivity index is 2.54. The molecule has 2 N–H and O–H groups in total. The number of aliphatic hydroxyl groups is 1.